The van der Waals surface area contributed by atoms with Gasteiger partial charge in [-0.05, 0) is 13.0 Å². The summed E-state index contributed by atoms with van der Waals surface area (Å²) in [5.41, 5.74) is 1.44. The number of methoxy groups -OCH3 is 1. The molecule has 156 valence electrons. The van der Waals surface area contributed by atoms with Crippen LogP contribution in [0.1, 0.15) is 34.7 Å². The van der Waals surface area contributed by atoms with E-state index >= 15 is 0 Å². The van der Waals surface area contributed by atoms with E-state index in [2.05, 4.69) is 10.6 Å². The predicted molar refractivity (Wildman–Crippen MR) is 109 cm³/mol. The van der Waals surface area contributed by atoms with Gasteiger partial charge in [0.15, 0.2) is 0 Å². The maximum Gasteiger partial charge on any atom is 0.375 e. The third-order valence-corrected chi connectivity index (χ3v) is 4.31. The van der Waals surface area contributed by atoms with Crippen LogP contribution >= 0.6 is 0 Å². The average molecular weight is 410 g/mol. The van der Waals surface area contributed by atoms with Gasteiger partial charge in [0.2, 0.25) is 11.9 Å². The Morgan fingerprint density at radius 2 is 1.73 bits per heavy atom. The van der Waals surface area contributed by atoms with Crippen molar-refractivity contribution in [3.05, 3.63) is 71.5 Å². The van der Waals surface area contributed by atoms with E-state index in [9.17, 15) is 14.4 Å². The number of fused-ring (bicyclic) bond motifs is 1. The molecule has 0 spiro atoms. The van der Waals surface area contributed by atoms with Crippen LogP contribution in [0.2, 0.25) is 0 Å². The van der Waals surface area contributed by atoms with Gasteiger partial charge in [0.1, 0.15) is 5.58 Å². The molecule has 2 N–H and O–H groups in total. The summed E-state index contributed by atoms with van der Waals surface area (Å²) in [6, 6.07) is 14.9. The Bertz CT molecular complexity index is 1040. The molecule has 1 atom stereocenters. The molecule has 30 heavy (non-hydrogen) atoms. The summed E-state index contributed by atoms with van der Waals surface area (Å²) < 4.78 is 16.4. The number of hydrogen-bond acceptors (Lipinski definition) is 6. The molecule has 1 aromatic heterocycles. The second-order valence-electron chi connectivity index (χ2n) is 6.38. The third kappa shape index (κ3) is 4.66. The normalized spacial score (nSPS) is 11.7. The minimum Gasteiger partial charge on any atom is -0.449 e. The number of ether oxygens (including phenoxy) is 2. The molecule has 0 fully saturated rings. The average Bonchev–Trinajstić information content (AvgIpc) is 3.11. The van der Waals surface area contributed by atoms with Crippen molar-refractivity contribution in [3.63, 3.8) is 0 Å². The monoisotopic (exact) mass is 410 g/mol. The number of furan rings is 1. The second-order valence-corrected chi connectivity index (χ2v) is 6.38. The largest absolute Gasteiger partial charge is 0.449 e. The molecule has 0 aliphatic rings. The smallest absolute Gasteiger partial charge is 0.375 e. The highest BCUT2D eigenvalue weighted by molar-refractivity contribution is 6.00. The SMILES string of the molecule is CCNC(=O)NC(=O)[C@@H](OC(=O)c1oc2ccccc2c1COC)c1ccccc1. The van der Waals surface area contributed by atoms with E-state index in [-0.39, 0.29) is 12.4 Å². The van der Waals surface area contributed by atoms with Crippen molar-refractivity contribution in [3.8, 4) is 0 Å². The third-order valence-electron chi connectivity index (χ3n) is 4.31. The van der Waals surface area contributed by atoms with Crippen molar-refractivity contribution in [1.82, 2.24) is 10.6 Å². The standard InChI is InChI=1S/C22H22N2O6/c1-3-23-22(27)24-20(25)18(14-9-5-4-6-10-14)30-21(26)19-16(13-28-2)15-11-7-8-12-17(15)29-19/h4-12,18H,3,13H2,1-2H3,(H2,23,24,25,27)/t18-/m0/s1. The van der Waals surface area contributed by atoms with Crippen LogP contribution in [-0.4, -0.2) is 31.6 Å². The molecule has 1 heterocycles. The molecule has 0 unspecified atom stereocenters. The molecule has 0 saturated heterocycles. The van der Waals surface area contributed by atoms with E-state index in [0.717, 1.165) is 0 Å². The zero-order chi connectivity index (χ0) is 21.5. The number of carbonyl (C=O) groups is 3. The summed E-state index contributed by atoms with van der Waals surface area (Å²) in [5.74, 6) is -1.66. The number of rotatable bonds is 7. The highest BCUT2D eigenvalue weighted by atomic mass is 16.6. The van der Waals surface area contributed by atoms with Crippen LogP contribution in [0.25, 0.3) is 11.0 Å². The lowest BCUT2D eigenvalue weighted by Crippen LogP contribution is -2.42. The predicted octanol–water partition coefficient (Wildman–Crippen LogP) is 3.32. The van der Waals surface area contributed by atoms with Crippen LogP contribution in [0.5, 0.6) is 0 Å². The van der Waals surface area contributed by atoms with Crippen LogP contribution in [0.15, 0.2) is 59.0 Å². The molecule has 8 heteroatoms. The van der Waals surface area contributed by atoms with Crippen molar-refractivity contribution in [2.45, 2.75) is 19.6 Å². The lowest BCUT2D eigenvalue weighted by molar-refractivity contribution is -0.129. The van der Waals surface area contributed by atoms with Crippen molar-refractivity contribution in [2.75, 3.05) is 13.7 Å². The Hall–Kier alpha value is -3.65. The number of amides is 3. The number of imide groups is 1. The first-order valence-electron chi connectivity index (χ1n) is 9.39. The number of para-hydroxylation sites is 1. The Morgan fingerprint density at radius 1 is 1.03 bits per heavy atom. The van der Waals surface area contributed by atoms with E-state index in [0.29, 0.717) is 28.6 Å². The Balaban J connectivity index is 1.92. The Labute approximate surface area is 173 Å². The van der Waals surface area contributed by atoms with E-state index in [1.54, 1.807) is 55.5 Å². The van der Waals surface area contributed by atoms with Crippen molar-refractivity contribution in [2.24, 2.45) is 0 Å². The summed E-state index contributed by atoms with van der Waals surface area (Å²) in [7, 11) is 1.50. The fourth-order valence-corrected chi connectivity index (χ4v) is 2.99. The van der Waals surface area contributed by atoms with Gasteiger partial charge in [0.05, 0.1) is 6.61 Å². The van der Waals surface area contributed by atoms with Gasteiger partial charge in [-0.25, -0.2) is 9.59 Å². The van der Waals surface area contributed by atoms with Crippen LogP contribution in [0.4, 0.5) is 4.79 Å². The van der Waals surface area contributed by atoms with Crippen LogP contribution in [-0.2, 0) is 20.9 Å². The lowest BCUT2D eigenvalue weighted by atomic mass is 10.1. The zero-order valence-electron chi connectivity index (χ0n) is 16.6. The number of urea groups is 1. The molecule has 0 radical (unpaired) electrons. The van der Waals surface area contributed by atoms with Gasteiger partial charge in [-0.2, -0.15) is 0 Å². The van der Waals surface area contributed by atoms with E-state index in [1.807, 2.05) is 6.07 Å². The topological polar surface area (TPSA) is 107 Å². The minimum atomic E-state index is -1.34. The Morgan fingerprint density at radius 3 is 2.43 bits per heavy atom. The first-order valence-corrected chi connectivity index (χ1v) is 9.39. The molecule has 3 aromatic rings. The first kappa shape index (κ1) is 21.1. The van der Waals surface area contributed by atoms with Gasteiger partial charge in [-0.3, -0.25) is 10.1 Å². The fraction of sp³-hybridized carbons (Fsp3) is 0.227. The maximum atomic E-state index is 13.0. The van der Waals surface area contributed by atoms with Gasteiger partial charge in [-0.15, -0.1) is 0 Å². The molecule has 3 rings (SSSR count). The van der Waals surface area contributed by atoms with Gasteiger partial charge in [-0.1, -0.05) is 48.5 Å². The summed E-state index contributed by atoms with van der Waals surface area (Å²) in [5, 5.41) is 5.36. The van der Waals surface area contributed by atoms with E-state index < -0.39 is 24.0 Å². The van der Waals surface area contributed by atoms with Crippen molar-refractivity contribution in [1.29, 1.82) is 0 Å². The van der Waals surface area contributed by atoms with Gasteiger partial charge < -0.3 is 19.2 Å². The van der Waals surface area contributed by atoms with Crippen molar-refractivity contribution < 1.29 is 28.3 Å². The number of nitrogens with one attached hydrogen (secondary N) is 2. The number of hydrogen-bond donors (Lipinski definition) is 2. The highest BCUT2D eigenvalue weighted by Gasteiger charge is 2.30. The first-order chi connectivity index (χ1) is 14.5. The Kier molecular flexibility index (Phi) is 6.82. The highest BCUT2D eigenvalue weighted by Crippen LogP contribution is 2.29. The van der Waals surface area contributed by atoms with Crippen LogP contribution in [0, 0.1) is 0 Å². The second kappa shape index (κ2) is 9.71. The number of carbonyl (C=O) groups excluding carboxylic acids is 3. The van der Waals surface area contributed by atoms with Crippen LogP contribution in [0.3, 0.4) is 0 Å². The minimum absolute atomic E-state index is 0.0511. The van der Waals surface area contributed by atoms with Gasteiger partial charge in [0.25, 0.3) is 5.91 Å². The molecule has 3 amide bonds. The molecular formula is C22H22N2O6. The maximum absolute atomic E-state index is 13.0. The van der Waals surface area contributed by atoms with Crippen molar-refractivity contribution >= 4 is 28.9 Å². The molecule has 0 saturated carbocycles. The number of esters is 1. The van der Waals surface area contributed by atoms with Crippen LogP contribution < -0.4 is 10.6 Å². The number of benzene rings is 2. The van der Waals surface area contributed by atoms with E-state index in [4.69, 9.17) is 13.9 Å². The fourth-order valence-electron chi connectivity index (χ4n) is 2.99. The quantitative estimate of drug-likeness (QED) is 0.579. The zero-order valence-corrected chi connectivity index (χ0v) is 16.6. The molecule has 0 aliphatic carbocycles. The summed E-state index contributed by atoms with van der Waals surface area (Å²) in [6.07, 6.45) is -1.34. The summed E-state index contributed by atoms with van der Waals surface area (Å²) in [6.45, 7) is 2.19. The van der Waals surface area contributed by atoms with Gasteiger partial charge in [0, 0.05) is 30.2 Å². The van der Waals surface area contributed by atoms with Gasteiger partial charge >= 0.3 is 12.0 Å². The summed E-state index contributed by atoms with van der Waals surface area (Å²) >= 11 is 0. The lowest BCUT2D eigenvalue weighted by Gasteiger charge is -2.17. The molecule has 0 aliphatic heterocycles. The van der Waals surface area contributed by atoms with E-state index in [1.165, 1.54) is 7.11 Å². The molecular weight excluding hydrogens is 388 g/mol. The summed E-state index contributed by atoms with van der Waals surface area (Å²) in [4.78, 5) is 37.4. The molecule has 0 bridgehead atoms. The molecule has 2 aromatic carbocycles. The molecule has 8 nitrogen and oxygen atoms in total.